The number of aliphatic hydroxyl groups is 1. The van der Waals surface area contributed by atoms with Crippen LogP contribution in [0, 0.1) is 19.8 Å². The second kappa shape index (κ2) is 5.01. The molecule has 16 heavy (non-hydrogen) atoms. The van der Waals surface area contributed by atoms with E-state index in [2.05, 4.69) is 32.0 Å². The lowest BCUT2D eigenvalue weighted by molar-refractivity contribution is 0.0843. The molecule has 0 aromatic heterocycles. The minimum Gasteiger partial charge on any atom is -0.388 e. The third-order valence-electron chi connectivity index (χ3n) is 3.84. The lowest BCUT2D eigenvalue weighted by Gasteiger charge is -2.27. The van der Waals surface area contributed by atoms with Gasteiger partial charge in [0.05, 0.1) is 6.10 Å². The molecule has 0 bridgehead atoms. The van der Waals surface area contributed by atoms with Crippen molar-refractivity contribution in [3.8, 4) is 0 Å². The Balaban J connectivity index is 2.15. The first-order valence-electron chi connectivity index (χ1n) is 6.43. The Kier molecular flexibility index (Phi) is 3.65. The maximum Gasteiger partial charge on any atom is 0.0820 e. The lowest BCUT2D eigenvalue weighted by atomic mass is 9.81. The Morgan fingerprint density at radius 3 is 2.44 bits per heavy atom. The van der Waals surface area contributed by atoms with Gasteiger partial charge in [-0.15, -0.1) is 0 Å². The van der Waals surface area contributed by atoms with Crippen LogP contribution < -0.4 is 0 Å². The van der Waals surface area contributed by atoms with Gasteiger partial charge in [0.15, 0.2) is 0 Å². The molecule has 1 atom stereocenters. The molecule has 1 aromatic carbocycles. The summed E-state index contributed by atoms with van der Waals surface area (Å²) >= 11 is 0. The summed E-state index contributed by atoms with van der Waals surface area (Å²) in [6, 6.07) is 6.37. The number of hydrogen-bond acceptors (Lipinski definition) is 1. The average molecular weight is 218 g/mol. The van der Waals surface area contributed by atoms with Gasteiger partial charge in [-0.3, -0.25) is 0 Å². The highest BCUT2D eigenvalue weighted by molar-refractivity contribution is 5.32. The van der Waals surface area contributed by atoms with Crippen molar-refractivity contribution in [2.75, 3.05) is 0 Å². The zero-order valence-corrected chi connectivity index (χ0v) is 10.4. The third kappa shape index (κ3) is 2.46. The van der Waals surface area contributed by atoms with E-state index in [4.69, 9.17) is 0 Å². The molecule has 1 aromatic rings. The van der Waals surface area contributed by atoms with E-state index >= 15 is 0 Å². The van der Waals surface area contributed by atoms with Crippen LogP contribution in [0.2, 0.25) is 0 Å². The van der Waals surface area contributed by atoms with Gasteiger partial charge >= 0.3 is 0 Å². The molecule has 0 radical (unpaired) electrons. The molecular weight excluding hydrogens is 196 g/mol. The van der Waals surface area contributed by atoms with Crippen molar-refractivity contribution >= 4 is 0 Å². The molecule has 1 aliphatic carbocycles. The molecule has 0 saturated heterocycles. The Morgan fingerprint density at radius 2 is 1.81 bits per heavy atom. The molecule has 0 heterocycles. The maximum absolute atomic E-state index is 10.4. The molecular formula is C15H22O. The summed E-state index contributed by atoms with van der Waals surface area (Å²) in [6.07, 6.45) is 6.04. The molecule has 1 aliphatic rings. The van der Waals surface area contributed by atoms with Crippen molar-refractivity contribution < 1.29 is 5.11 Å². The van der Waals surface area contributed by atoms with E-state index in [-0.39, 0.29) is 6.10 Å². The second-order valence-corrected chi connectivity index (χ2v) is 5.20. The second-order valence-electron chi connectivity index (χ2n) is 5.20. The molecule has 1 N–H and O–H groups in total. The monoisotopic (exact) mass is 218 g/mol. The maximum atomic E-state index is 10.4. The number of hydrogen-bond donors (Lipinski definition) is 1. The minimum absolute atomic E-state index is 0.249. The Bertz CT molecular complexity index is 350. The van der Waals surface area contributed by atoms with Gasteiger partial charge in [0.1, 0.15) is 0 Å². The Labute approximate surface area is 98.5 Å². The summed E-state index contributed by atoms with van der Waals surface area (Å²) in [5.74, 6) is 0.482. The van der Waals surface area contributed by atoms with Crippen LogP contribution in [-0.4, -0.2) is 5.11 Å². The third-order valence-corrected chi connectivity index (χ3v) is 3.84. The van der Waals surface area contributed by atoms with Gasteiger partial charge < -0.3 is 5.11 Å². The Hall–Kier alpha value is -0.820. The van der Waals surface area contributed by atoms with Crippen LogP contribution in [0.15, 0.2) is 18.2 Å². The quantitative estimate of drug-likeness (QED) is 0.797. The number of benzene rings is 1. The van der Waals surface area contributed by atoms with E-state index in [9.17, 15) is 5.11 Å². The highest BCUT2D eigenvalue weighted by Gasteiger charge is 2.23. The zero-order valence-electron chi connectivity index (χ0n) is 10.4. The molecule has 1 saturated carbocycles. The normalized spacial score (nSPS) is 19.7. The SMILES string of the molecule is Cc1ccc(C(O)C2CCCCC2)c(C)c1. The van der Waals surface area contributed by atoms with Crippen LogP contribution in [0.5, 0.6) is 0 Å². The van der Waals surface area contributed by atoms with Gasteiger partial charge in [0, 0.05) is 0 Å². The van der Waals surface area contributed by atoms with E-state index in [1.807, 2.05) is 0 Å². The first-order chi connectivity index (χ1) is 7.68. The van der Waals surface area contributed by atoms with Crippen LogP contribution in [0.3, 0.4) is 0 Å². The average Bonchev–Trinajstić information content (AvgIpc) is 2.29. The predicted octanol–water partition coefficient (Wildman–Crippen LogP) is 3.92. The fourth-order valence-electron chi connectivity index (χ4n) is 2.86. The molecule has 0 amide bonds. The largest absolute Gasteiger partial charge is 0.388 e. The summed E-state index contributed by atoms with van der Waals surface area (Å²) in [5, 5.41) is 10.4. The van der Waals surface area contributed by atoms with Crippen molar-refractivity contribution in [1.82, 2.24) is 0 Å². The van der Waals surface area contributed by atoms with E-state index in [1.165, 1.54) is 43.2 Å². The van der Waals surface area contributed by atoms with E-state index in [0.717, 1.165) is 5.56 Å². The van der Waals surface area contributed by atoms with Gasteiger partial charge in [0.2, 0.25) is 0 Å². The van der Waals surface area contributed by atoms with E-state index in [1.54, 1.807) is 0 Å². The van der Waals surface area contributed by atoms with Crippen molar-refractivity contribution in [2.45, 2.75) is 52.1 Å². The summed E-state index contributed by atoms with van der Waals surface area (Å²) < 4.78 is 0. The highest BCUT2D eigenvalue weighted by atomic mass is 16.3. The van der Waals surface area contributed by atoms with Gasteiger partial charge in [-0.1, -0.05) is 43.0 Å². The molecule has 1 heteroatoms. The van der Waals surface area contributed by atoms with E-state index < -0.39 is 0 Å². The summed E-state index contributed by atoms with van der Waals surface area (Å²) in [4.78, 5) is 0. The van der Waals surface area contributed by atoms with Gasteiger partial charge in [-0.2, -0.15) is 0 Å². The van der Waals surface area contributed by atoms with Crippen molar-refractivity contribution in [3.05, 3.63) is 34.9 Å². The number of aliphatic hydroxyl groups excluding tert-OH is 1. The zero-order chi connectivity index (χ0) is 11.5. The summed E-state index contributed by atoms with van der Waals surface area (Å²) in [6.45, 7) is 4.21. The highest BCUT2D eigenvalue weighted by Crippen LogP contribution is 2.35. The van der Waals surface area contributed by atoms with Crippen LogP contribution in [-0.2, 0) is 0 Å². The summed E-state index contributed by atoms with van der Waals surface area (Å²) in [7, 11) is 0. The van der Waals surface area contributed by atoms with Crippen molar-refractivity contribution in [2.24, 2.45) is 5.92 Å². The van der Waals surface area contributed by atoms with Crippen LogP contribution in [0.1, 0.15) is 54.9 Å². The number of rotatable bonds is 2. The smallest absolute Gasteiger partial charge is 0.0820 e. The molecule has 0 aliphatic heterocycles. The first-order valence-corrected chi connectivity index (χ1v) is 6.43. The topological polar surface area (TPSA) is 20.2 Å². The van der Waals surface area contributed by atoms with Gasteiger partial charge in [-0.05, 0) is 43.7 Å². The molecule has 1 unspecified atom stereocenters. The molecule has 0 spiro atoms. The minimum atomic E-state index is -0.249. The molecule has 88 valence electrons. The van der Waals surface area contributed by atoms with Crippen molar-refractivity contribution in [1.29, 1.82) is 0 Å². The lowest BCUT2D eigenvalue weighted by Crippen LogP contribution is -2.16. The van der Waals surface area contributed by atoms with Crippen LogP contribution in [0.4, 0.5) is 0 Å². The predicted molar refractivity (Wildman–Crippen MR) is 67.5 cm³/mol. The standard InChI is InChI=1S/C15H22O/c1-11-8-9-14(12(2)10-11)15(16)13-6-4-3-5-7-13/h8-10,13,15-16H,3-7H2,1-2H3. The summed E-state index contributed by atoms with van der Waals surface area (Å²) in [5.41, 5.74) is 3.65. The van der Waals surface area contributed by atoms with Gasteiger partial charge in [0.25, 0.3) is 0 Å². The fraction of sp³-hybridized carbons (Fsp3) is 0.600. The fourth-order valence-corrected chi connectivity index (χ4v) is 2.86. The first kappa shape index (κ1) is 11.7. The molecule has 1 nitrogen and oxygen atoms in total. The van der Waals surface area contributed by atoms with Crippen LogP contribution >= 0.6 is 0 Å². The molecule has 2 rings (SSSR count). The Morgan fingerprint density at radius 1 is 1.12 bits per heavy atom. The van der Waals surface area contributed by atoms with Crippen LogP contribution in [0.25, 0.3) is 0 Å². The van der Waals surface area contributed by atoms with Gasteiger partial charge in [-0.25, -0.2) is 0 Å². The number of aryl methyl sites for hydroxylation is 2. The molecule has 1 fully saturated rings. The van der Waals surface area contributed by atoms with E-state index in [0.29, 0.717) is 5.92 Å². The van der Waals surface area contributed by atoms with Crippen molar-refractivity contribution in [3.63, 3.8) is 0 Å².